The third-order valence-corrected chi connectivity index (χ3v) is 3.60. The second-order valence-electron chi connectivity index (χ2n) is 5.74. The van der Waals surface area contributed by atoms with Gasteiger partial charge in [-0.2, -0.15) is 10.2 Å². The molecule has 0 N–H and O–H groups in total. The number of carbonyl (C=O) groups excluding carboxylic acids is 1. The molecule has 1 aliphatic heterocycles. The van der Waals surface area contributed by atoms with Crippen molar-refractivity contribution >= 4 is 17.9 Å². The molecule has 0 saturated carbocycles. The molecule has 114 valence electrons. The number of carbonyl (C=O) groups is 1. The van der Waals surface area contributed by atoms with Crippen LogP contribution in [0.5, 0.6) is 0 Å². The van der Waals surface area contributed by atoms with E-state index in [1.54, 1.807) is 21.8 Å². The molecule has 2 aromatic rings. The van der Waals surface area contributed by atoms with Crippen LogP contribution in [0.1, 0.15) is 11.1 Å². The lowest BCUT2D eigenvalue weighted by Crippen LogP contribution is -2.34. The lowest BCUT2D eigenvalue weighted by Gasteiger charge is -2.25. The maximum Gasteiger partial charge on any atom is 0.187 e. The Morgan fingerprint density at radius 1 is 0.909 bits per heavy atom. The maximum absolute atomic E-state index is 12.7. The van der Waals surface area contributed by atoms with Gasteiger partial charge < -0.3 is 0 Å². The van der Waals surface area contributed by atoms with Gasteiger partial charge in [0.25, 0.3) is 0 Å². The molecule has 6 heteroatoms. The molecule has 1 fully saturated rings. The average Bonchev–Trinajstić information content (AvgIpc) is 3.04. The molecule has 0 atom stereocenters. The zero-order chi connectivity index (χ0) is 15.7. The molecule has 3 heterocycles. The van der Waals surface area contributed by atoms with E-state index in [0.717, 1.165) is 22.3 Å². The number of hydrogen-bond acceptors (Lipinski definition) is 4. The molecule has 0 amide bonds. The maximum atomic E-state index is 12.7. The predicted molar refractivity (Wildman–Crippen MR) is 84.9 cm³/mol. The minimum absolute atomic E-state index is 0.103. The van der Waals surface area contributed by atoms with E-state index in [0.29, 0.717) is 13.1 Å². The number of rotatable bonds is 2. The van der Waals surface area contributed by atoms with Gasteiger partial charge in [0.15, 0.2) is 5.78 Å². The fourth-order valence-corrected chi connectivity index (χ4v) is 2.64. The van der Waals surface area contributed by atoms with E-state index >= 15 is 0 Å². The molecule has 0 aromatic carbocycles. The molecule has 0 radical (unpaired) electrons. The van der Waals surface area contributed by atoms with Gasteiger partial charge in [0.2, 0.25) is 0 Å². The lowest BCUT2D eigenvalue weighted by molar-refractivity contribution is -0.113. The summed E-state index contributed by atoms with van der Waals surface area (Å²) in [5.74, 6) is 0.103. The summed E-state index contributed by atoms with van der Waals surface area (Å²) in [5, 5.41) is 8.27. The van der Waals surface area contributed by atoms with Gasteiger partial charge in [0, 0.05) is 61.9 Å². The topological polar surface area (TPSA) is 56.0 Å². The van der Waals surface area contributed by atoms with E-state index in [4.69, 9.17) is 0 Å². The van der Waals surface area contributed by atoms with Gasteiger partial charge in [-0.25, -0.2) is 0 Å². The normalized spacial score (nSPS) is 20.2. The van der Waals surface area contributed by atoms with E-state index in [2.05, 4.69) is 15.1 Å². The van der Waals surface area contributed by atoms with Gasteiger partial charge in [-0.15, -0.1) is 0 Å². The third kappa shape index (κ3) is 3.07. The highest BCUT2D eigenvalue weighted by atomic mass is 16.1. The van der Waals surface area contributed by atoms with Crippen molar-refractivity contribution in [3.8, 4) is 0 Å². The van der Waals surface area contributed by atoms with E-state index in [-0.39, 0.29) is 5.78 Å². The first-order chi connectivity index (χ1) is 10.5. The number of aryl methyl sites for hydroxylation is 2. The standard InChI is InChI=1S/C16H19N5O/c1-19-10-14(4-12-6-17-20(2)8-12)16(22)15(11-19)5-13-7-18-21(3)9-13/h4-9H,10-11H2,1-3H3/b14-4+,15-5+. The smallest absolute Gasteiger partial charge is 0.187 e. The molecule has 2 aromatic heterocycles. The highest BCUT2D eigenvalue weighted by molar-refractivity contribution is 6.14. The largest absolute Gasteiger partial charge is 0.298 e. The number of nitrogens with zero attached hydrogens (tertiary/aromatic N) is 5. The first-order valence-corrected chi connectivity index (χ1v) is 7.13. The minimum atomic E-state index is 0.103. The van der Waals surface area contributed by atoms with E-state index < -0.39 is 0 Å². The average molecular weight is 297 g/mol. The first kappa shape index (κ1) is 14.5. The Balaban J connectivity index is 1.91. The van der Waals surface area contributed by atoms with Crippen molar-refractivity contribution in [3.05, 3.63) is 47.1 Å². The molecule has 0 spiro atoms. The molecule has 0 bridgehead atoms. The molecule has 6 nitrogen and oxygen atoms in total. The molecule has 3 rings (SSSR count). The van der Waals surface area contributed by atoms with Crippen molar-refractivity contribution in [2.75, 3.05) is 20.1 Å². The van der Waals surface area contributed by atoms with Crippen molar-refractivity contribution in [3.63, 3.8) is 0 Å². The summed E-state index contributed by atoms with van der Waals surface area (Å²) in [6, 6.07) is 0. The Hall–Kier alpha value is -2.47. The Morgan fingerprint density at radius 3 is 1.73 bits per heavy atom. The Kier molecular flexibility index (Phi) is 3.77. The zero-order valence-corrected chi connectivity index (χ0v) is 13.0. The van der Waals surface area contributed by atoms with Gasteiger partial charge in [-0.3, -0.25) is 19.1 Å². The van der Waals surface area contributed by atoms with Crippen molar-refractivity contribution in [2.24, 2.45) is 14.1 Å². The molecule has 22 heavy (non-hydrogen) atoms. The predicted octanol–water partition coefficient (Wildman–Crippen LogP) is 1.14. The summed E-state index contributed by atoms with van der Waals surface area (Å²) >= 11 is 0. The van der Waals surface area contributed by atoms with Crippen molar-refractivity contribution in [2.45, 2.75) is 0 Å². The summed E-state index contributed by atoms with van der Waals surface area (Å²) in [5.41, 5.74) is 3.47. The van der Waals surface area contributed by atoms with Crippen LogP contribution in [-0.2, 0) is 18.9 Å². The Bertz CT molecular complexity index is 703. The molecule has 0 aliphatic carbocycles. The van der Waals surface area contributed by atoms with Gasteiger partial charge in [-0.1, -0.05) is 0 Å². The SMILES string of the molecule is CN1C/C(=C\c2cnn(C)c2)C(=O)/C(=C/c2cnn(C)c2)C1. The number of Topliss-reactive ketones (excluding diaryl/α,β-unsaturated/α-hetero) is 1. The second-order valence-corrected chi connectivity index (χ2v) is 5.74. The Morgan fingerprint density at radius 2 is 1.36 bits per heavy atom. The van der Waals surface area contributed by atoms with Crippen LogP contribution < -0.4 is 0 Å². The molecule has 1 aliphatic rings. The van der Waals surface area contributed by atoms with E-state index in [1.807, 2.05) is 45.7 Å². The quantitative estimate of drug-likeness (QED) is 0.780. The van der Waals surface area contributed by atoms with Crippen LogP contribution in [-0.4, -0.2) is 50.4 Å². The van der Waals surface area contributed by atoms with Gasteiger partial charge >= 0.3 is 0 Å². The number of likely N-dealkylation sites (tertiary alicyclic amines) is 1. The van der Waals surface area contributed by atoms with E-state index in [9.17, 15) is 4.79 Å². The summed E-state index contributed by atoms with van der Waals surface area (Å²) in [6.07, 6.45) is 11.2. The minimum Gasteiger partial charge on any atom is -0.298 e. The van der Waals surface area contributed by atoms with Crippen LogP contribution in [0.25, 0.3) is 12.2 Å². The summed E-state index contributed by atoms with van der Waals surface area (Å²) in [7, 11) is 5.75. The number of ketones is 1. The molecular weight excluding hydrogens is 278 g/mol. The van der Waals surface area contributed by atoms with Crippen LogP contribution in [0.3, 0.4) is 0 Å². The number of hydrogen-bond donors (Lipinski definition) is 0. The van der Waals surface area contributed by atoms with Crippen LogP contribution in [0, 0.1) is 0 Å². The highest BCUT2D eigenvalue weighted by Gasteiger charge is 2.24. The second kappa shape index (κ2) is 5.73. The summed E-state index contributed by atoms with van der Waals surface area (Å²) in [4.78, 5) is 14.8. The fourth-order valence-electron chi connectivity index (χ4n) is 2.64. The van der Waals surface area contributed by atoms with E-state index in [1.165, 1.54) is 0 Å². The lowest BCUT2D eigenvalue weighted by atomic mass is 9.95. The monoisotopic (exact) mass is 297 g/mol. The van der Waals surface area contributed by atoms with Gasteiger partial charge in [-0.05, 0) is 19.2 Å². The van der Waals surface area contributed by atoms with Gasteiger partial charge in [0.1, 0.15) is 0 Å². The van der Waals surface area contributed by atoms with Crippen molar-refractivity contribution in [1.29, 1.82) is 0 Å². The number of piperidine rings is 1. The van der Waals surface area contributed by atoms with Gasteiger partial charge in [0.05, 0.1) is 12.4 Å². The van der Waals surface area contributed by atoms with Crippen molar-refractivity contribution < 1.29 is 4.79 Å². The number of likely N-dealkylation sites (N-methyl/N-ethyl adjacent to an activating group) is 1. The van der Waals surface area contributed by atoms with Crippen LogP contribution in [0.4, 0.5) is 0 Å². The van der Waals surface area contributed by atoms with Crippen LogP contribution in [0.15, 0.2) is 35.9 Å². The summed E-state index contributed by atoms with van der Waals surface area (Å²) < 4.78 is 3.46. The molecule has 0 unspecified atom stereocenters. The third-order valence-electron chi connectivity index (χ3n) is 3.60. The number of aromatic nitrogens is 4. The molecule has 1 saturated heterocycles. The summed E-state index contributed by atoms with van der Waals surface area (Å²) in [6.45, 7) is 1.30. The van der Waals surface area contributed by atoms with Crippen LogP contribution in [0.2, 0.25) is 0 Å². The first-order valence-electron chi connectivity index (χ1n) is 7.13. The van der Waals surface area contributed by atoms with Crippen LogP contribution >= 0.6 is 0 Å². The Labute approximate surface area is 129 Å². The zero-order valence-electron chi connectivity index (χ0n) is 13.0. The highest BCUT2D eigenvalue weighted by Crippen LogP contribution is 2.20. The van der Waals surface area contributed by atoms with Crippen molar-refractivity contribution in [1.82, 2.24) is 24.5 Å². The molecular formula is C16H19N5O. The fraction of sp³-hybridized carbons (Fsp3) is 0.312.